The van der Waals surface area contributed by atoms with Crippen molar-refractivity contribution in [2.45, 2.75) is 25.3 Å². The zero-order valence-electron chi connectivity index (χ0n) is 12.6. The molecule has 0 spiro atoms. The summed E-state index contributed by atoms with van der Waals surface area (Å²) in [7, 11) is 0. The van der Waals surface area contributed by atoms with Crippen molar-refractivity contribution >= 4 is 35.3 Å². The lowest BCUT2D eigenvalue weighted by atomic mass is 9.84. The Bertz CT molecular complexity index is 689. The number of rotatable bonds is 3. The molecule has 1 heterocycles. The maximum Gasteiger partial charge on any atom is 0.229 e. The summed E-state index contributed by atoms with van der Waals surface area (Å²) in [6.45, 7) is 0. The number of nitrogens with zero attached hydrogens (tertiary/aromatic N) is 1. The molecule has 23 heavy (non-hydrogen) atoms. The van der Waals surface area contributed by atoms with E-state index in [1.165, 1.54) is 6.42 Å². The Hall–Kier alpha value is -1.43. The monoisotopic (exact) mass is 349 g/mol. The van der Waals surface area contributed by atoms with Crippen molar-refractivity contribution in [1.29, 1.82) is 0 Å². The Morgan fingerprint density at radius 3 is 2.83 bits per heavy atom. The number of carbonyl (C=O) groups excluding carboxylic acids is 1. The number of nitrogens with one attached hydrogen (secondary N) is 1. The Kier molecular flexibility index (Phi) is 4.71. The van der Waals surface area contributed by atoms with Crippen molar-refractivity contribution in [3.05, 3.63) is 35.8 Å². The van der Waals surface area contributed by atoms with Gasteiger partial charge in [-0.2, -0.15) is 0 Å². The summed E-state index contributed by atoms with van der Waals surface area (Å²) in [5.74, 6) is 1.07. The van der Waals surface area contributed by atoms with E-state index < -0.39 is 0 Å². The fourth-order valence-corrected chi connectivity index (χ4v) is 4.68. The highest BCUT2D eigenvalue weighted by molar-refractivity contribution is 7.13. The molecular formula is C17H20ClN3OS. The van der Waals surface area contributed by atoms with Crippen molar-refractivity contribution in [2.24, 2.45) is 23.5 Å². The zero-order valence-corrected chi connectivity index (χ0v) is 14.3. The van der Waals surface area contributed by atoms with Gasteiger partial charge in [-0.3, -0.25) is 4.79 Å². The zero-order chi connectivity index (χ0) is 15.1. The van der Waals surface area contributed by atoms with Gasteiger partial charge in [-0.1, -0.05) is 12.1 Å². The standard InChI is InChI=1S/C17H19N3OS.ClH/c18-15-11-5-4-10(8-11)14(15)16(21)20-13-3-1-2-12(9-13)17-19-6-7-22-17;/h1-3,6-7,9-11,14-15H,4-5,8,18H2,(H,20,21);1H. The summed E-state index contributed by atoms with van der Waals surface area (Å²) in [6, 6.07) is 7.90. The van der Waals surface area contributed by atoms with Gasteiger partial charge in [0.1, 0.15) is 5.01 Å². The second-order valence-corrected chi connectivity index (χ2v) is 7.24. The Morgan fingerprint density at radius 2 is 2.13 bits per heavy atom. The number of hydrogen-bond donors (Lipinski definition) is 2. The summed E-state index contributed by atoms with van der Waals surface area (Å²) in [5.41, 5.74) is 8.12. The molecule has 122 valence electrons. The van der Waals surface area contributed by atoms with Gasteiger partial charge in [0.15, 0.2) is 0 Å². The largest absolute Gasteiger partial charge is 0.327 e. The second-order valence-electron chi connectivity index (χ2n) is 6.34. The number of hydrogen-bond acceptors (Lipinski definition) is 4. The molecule has 2 saturated carbocycles. The van der Waals surface area contributed by atoms with Crippen LogP contribution in [0.15, 0.2) is 35.8 Å². The quantitative estimate of drug-likeness (QED) is 0.890. The van der Waals surface area contributed by atoms with Gasteiger partial charge in [-0.05, 0) is 43.2 Å². The van der Waals surface area contributed by atoms with Crippen LogP contribution in [0.1, 0.15) is 19.3 Å². The Morgan fingerprint density at radius 1 is 1.30 bits per heavy atom. The van der Waals surface area contributed by atoms with Crippen LogP contribution in [-0.2, 0) is 4.79 Å². The van der Waals surface area contributed by atoms with Crippen LogP contribution in [0.4, 0.5) is 5.69 Å². The minimum Gasteiger partial charge on any atom is -0.327 e. The Balaban J connectivity index is 0.00000156. The number of benzene rings is 1. The van der Waals surface area contributed by atoms with E-state index in [0.29, 0.717) is 11.8 Å². The number of aromatic nitrogens is 1. The summed E-state index contributed by atoms with van der Waals surface area (Å²) >= 11 is 1.60. The number of halogens is 1. The lowest BCUT2D eigenvalue weighted by molar-refractivity contribution is -0.121. The third-order valence-electron chi connectivity index (χ3n) is 5.09. The molecule has 0 saturated heterocycles. The fraction of sp³-hybridized carbons (Fsp3) is 0.412. The van der Waals surface area contributed by atoms with Gasteiger partial charge < -0.3 is 11.1 Å². The van der Waals surface area contributed by atoms with Gasteiger partial charge >= 0.3 is 0 Å². The van der Waals surface area contributed by atoms with Crippen LogP contribution in [0.3, 0.4) is 0 Å². The smallest absolute Gasteiger partial charge is 0.229 e. The molecule has 4 rings (SSSR count). The molecule has 0 aliphatic heterocycles. The van der Waals surface area contributed by atoms with Crippen molar-refractivity contribution in [2.75, 3.05) is 5.32 Å². The van der Waals surface area contributed by atoms with Crippen molar-refractivity contribution < 1.29 is 4.79 Å². The predicted octanol–water partition coefficient (Wildman–Crippen LogP) is 3.54. The minimum absolute atomic E-state index is 0. The van der Waals surface area contributed by atoms with Crippen LogP contribution in [0.5, 0.6) is 0 Å². The van der Waals surface area contributed by atoms with E-state index in [1.54, 1.807) is 17.5 Å². The van der Waals surface area contributed by atoms with Crippen molar-refractivity contribution in [3.63, 3.8) is 0 Å². The highest BCUT2D eigenvalue weighted by atomic mass is 35.5. The molecule has 1 amide bonds. The van der Waals surface area contributed by atoms with E-state index in [4.69, 9.17) is 5.73 Å². The maximum absolute atomic E-state index is 12.6. The van der Waals surface area contributed by atoms with E-state index in [2.05, 4.69) is 10.3 Å². The fourth-order valence-electron chi connectivity index (χ4n) is 4.05. The minimum atomic E-state index is -0.0257. The molecule has 2 aromatic rings. The average Bonchev–Trinajstić information content (AvgIpc) is 3.24. The number of carbonyl (C=O) groups is 1. The molecule has 4 atom stereocenters. The molecule has 2 fully saturated rings. The number of fused-ring (bicyclic) bond motifs is 2. The molecule has 2 bridgehead atoms. The van der Waals surface area contributed by atoms with Gasteiger partial charge in [0.25, 0.3) is 0 Å². The first kappa shape index (κ1) is 16.4. The van der Waals surface area contributed by atoms with Crippen molar-refractivity contribution in [3.8, 4) is 10.6 Å². The van der Waals surface area contributed by atoms with E-state index in [0.717, 1.165) is 29.1 Å². The van der Waals surface area contributed by atoms with E-state index in [1.807, 2.05) is 29.6 Å². The normalized spacial score (nSPS) is 28.4. The molecule has 4 nitrogen and oxygen atoms in total. The summed E-state index contributed by atoms with van der Waals surface area (Å²) in [4.78, 5) is 16.9. The van der Waals surface area contributed by atoms with Crippen LogP contribution in [0.2, 0.25) is 0 Å². The van der Waals surface area contributed by atoms with Gasteiger partial charge in [0.05, 0.1) is 5.92 Å². The average molecular weight is 350 g/mol. The number of nitrogens with two attached hydrogens (primary N) is 1. The van der Waals surface area contributed by atoms with Crippen LogP contribution < -0.4 is 11.1 Å². The number of amides is 1. The molecule has 3 N–H and O–H groups in total. The molecule has 6 heteroatoms. The van der Waals surface area contributed by atoms with Crippen LogP contribution >= 0.6 is 23.7 Å². The van der Waals surface area contributed by atoms with Crippen molar-refractivity contribution in [1.82, 2.24) is 4.98 Å². The molecule has 0 radical (unpaired) electrons. The van der Waals surface area contributed by atoms with E-state index in [-0.39, 0.29) is 30.3 Å². The maximum atomic E-state index is 12.6. The van der Waals surface area contributed by atoms with Gasteiger partial charge in [0.2, 0.25) is 5.91 Å². The first-order valence-electron chi connectivity index (χ1n) is 7.79. The van der Waals surface area contributed by atoms with E-state index >= 15 is 0 Å². The molecular weight excluding hydrogens is 330 g/mol. The summed E-state index contributed by atoms with van der Waals surface area (Å²) in [5, 5.41) is 5.98. The van der Waals surface area contributed by atoms with Gasteiger partial charge in [-0.25, -0.2) is 4.98 Å². The first-order chi connectivity index (χ1) is 10.7. The highest BCUT2D eigenvalue weighted by Crippen LogP contribution is 2.47. The van der Waals surface area contributed by atoms with Gasteiger partial charge in [-0.15, -0.1) is 23.7 Å². The lowest BCUT2D eigenvalue weighted by Crippen LogP contribution is -2.42. The molecule has 1 aromatic carbocycles. The second kappa shape index (κ2) is 6.59. The summed E-state index contributed by atoms with van der Waals surface area (Å²) in [6.07, 6.45) is 5.25. The third kappa shape index (κ3) is 3.01. The molecule has 2 aliphatic rings. The SMILES string of the molecule is Cl.NC1C2CCC(C2)C1C(=O)Nc1cccc(-c2nccs2)c1. The lowest BCUT2D eigenvalue weighted by Gasteiger charge is -2.27. The Labute approximate surface area is 145 Å². The summed E-state index contributed by atoms with van der Waals surface area (Å²) < 4.78 is 0. The van der Waals surface area contributed by atoms with Gasteiger partial charge in [0, 0.05) is 28.9 Å². The predicted molar refractivity (Wildman–Crippen MR) is 95.7 cm³/mol. The van der Waals surface area contributed by atoms with Crippen LogP contribution in [0, 0.1) is 17.8 Å². The first-order valence-corrected chi connectivity index (χ1v) is 8.67. The van der Waals surface area contributed by atoms with Crippen LogP contribution in [-0.4, -0.2) is 16.9 Å². The highest BCUT2D eigenvalue weighted by Gasteiger charge is 2.49. The van der Waals surface area contributed by atoms with E-state index in [9.17, 15) is 4.79 Å². The molecule has 4 unspecified atom stereocenters. The number of thiazole rings is 1. The third-order valence-corrected chi connectivity index (χ3v) is 5.91. The molecule has 2 aliphatic carbocycles. The molecule has 1 aromatic heterocycles. The van der Waals surface area contributed by atoms with Crippen LogP contribution in [0.25, 0.3) is 10.6 Å². The number of anilines is 1. The topological polar surface area (TPSA) is 68.0 Å².